The predicted molar refractivity (Wildman–Crippen MR) is 338 cm³/mol. The van der Waals surface area contributed by atoms with Gasteiger partial charge in [-0.2, -0.15) is 0 Å². The van der Waals surface area contributed by atoms with Crippen LogP contribution in [0.15, 0.2) is 111 Å². The standard InChI is InChI=1S/C65H82N10O13.CH4O3S/c1-5-8-10-12-14-16-18-20-22-24-26-28-30-37-58(79)86-46-51(88-60(81)38-31-29-27-25-23-21-19-17-15-13-11-9-6-2)47-87-59(80)40-39-55(76)71-48-72-56(77)43-53-62(83)69-44-49-34-32-35-50(42-49)61(82)74-52(7-3)64(85)75(4)54(36-33-41-68-65(66)67)63(84)70-45-57(78)73-53;1-5(2,3)4/h32,34-35,38,42,51-54H,2,5,7-8,10,12,14,16,18,20,22,24,26,28,30,33,36-37,39-41,43-48H2,1,3-4H3,(H,69,83)(H,70,84)(H,71,76)(H,72,77)(H,73,78)(H,74,82)(H4,66,67,68);1H3,(H,2,3,4)/t51?,52-,53+,54+;/m1./s1. The summed E-state index contributed by atoms with van der Waals surface area (Å²) in [7, 11) is -2.52. The van der Waals surface area contributed by atoms with Gasteiger partial charge in [-0.3, -0.25) is 59.6 Å². The number of carbonyl (C=O) groups is 10. The summed E-state index contributed by atoms with van der Waals surface area (Å²) < 4.78 is 43.3. The lowest BCUT2D eigenvalue weighted by Crippen LogP contribution is -2.56. The number of esters is 3. The number of ether oxygens (including phenoxy) is 3. The average molecular weight is 1310 g/mol. The number of unbranched alkanes of at least 4 members (excludes halogenated alkanes) is 12. The number of hydrogen-bond acceptors (Lipinski definition) is 16. The van der Waals surface area contributed by atoms with E-state index in [1.54, 1.807) is 19.1 Å². The van der Waals surface area contributed by atoms with Crippen LogP contribution in [0.4, 0.5) is 0 Å². The third-order valence-electron chi connectivity index (χ3n) is 13.0. The van der Waals surface area contributed by atoms with Crippen LogP contribution < -0.4 is 48.4 Å². The smallest absolute Gasteiger partial charge is 0.339 e. The molecule has 7 amide bonds. The van der Waals surface area contributed by atoms with Gasteiger partial charge in [0.1, 0.15) is 31.3 Å². The Hall–Kier alpha value is -10.0. The normalized spacial score (nSPS) is 14.7. The highest BCUT2D eigenvalue weighted by molar-refractivity contribution is 7.84. The van der Waals surface area contributed by atoms with Crippen LogP contribution >= 0.6 is 0 Å². The highest BCUT2D eigenvalue weighted by atomic mass is 32.2. The second kappa shape index (κ2) is 49.7. The molecule has 2 bridgehead atoms. The third kappa shape index (κ3) is 43.4. The maximum absolute atomic E-state index is 13.7. The monoisotopic (exact) mass is 1310 g/mol. The van der Waals surface area contributed by atoms with Crippen molar-refractivity contribution < 1.29 is 80.5 Å². The molecule has 2 rings (SSSR count). The van der Waals surface area contributed by atoms with Crippen LogP contribution in [0.25, 0.3) is 0 Å². The van der Waals surface area contributed by atoms with Gasteiger partial charge in [0.25, 0.3) is 5.91 Å². The van der Waals surface area contributed by atoms with Crippen LogP contribution in [0.5, 0.6) is 0 Å². The summed E-state index contributed by atoms with van der Waals surface area (Å²) in [5.41, 5.74) is 37.8. The Morgan fingerprint density at radius 1 is 0.720 bits per heavy atom. The van der Waals surface area contributed by atoms with E-state index in [1.807, 2.05) is 0 Å². The number of nitrogens with two attached hydrogens (primary N) is 2. The van der Waals surface area contributed by atoms with Crippen LogP contribution in [0.1, 0.15) is 158 Å². The minimum absolute atomic E-state index is 0.0495. The van der Waals surface area contributed by atoms with Crippen LogP contribution in [0.2, 0.25) is 0 Å². The molecule has 0 radical (unpaired) electrons. The number of guanidine groups is 1. The van der Waals surface area contributed by atoms with Gasteiger partial charge in [-0.25, -0.2) is 13.2 Å². The SMILES string of the molecule is C=C=C=C=C=C=C=C=C=C=C=C=C=C=CC(=O)OC(COC(=O)CCCCCCCCCCCCCCC)COC(=O)CCC(=O)NCNC(=O)C[C@@H]1NC(=O)CNC(=O)[C@H](CCCNC(N)=[NH2+])N(C)C(=O)[C@@H](CC)NC(=O)c2cccc(c2)CNC1=O.CS(=O)(=O)[O-]. The molecule has 1 unspecified atom stereocenters. The van der Waals surface area contributed by atoms with Crippen LogP contribution in [-0.4, -0.2) is 154 Å². The summed E-state index contributed by atoms with van der Waals surface area (Å²) in [6.07, 6.45) is 14.2. The molecule has 27 heteroatoms. The molecule has 1 aromatic rings. The predicted octanol–water partition coefficient (Wildman–Crippen LogP) is 1.90. The van der Waals surface area contributed by atoms with Crippen molar-refractivity contribution in [3.63, 3.8) is 0 Å². The van der Waals surface area contributed by atoms with Gasteiger partial charge in [0.2, 0.25) is 35.4 Å². The summed E-state index contributed by atoms with van der Waals surface area (Å²) in [4.78, 5) is 133. The molecule has 1 aliphatic heterocycles. The van der Waals surface area contributed by atoms with Gasteiger partial charge >= 0.3 is 23.9 Å². The number of rotatable bonds is 32. The number of amides is 7. The van der Waals surface area contributed by atoms with Crippen molar-refractivity contribution in [2.24, 2.45) is 5.73 Å². The molecule has 0 aromatic heterocycles. The second-order valence-electron chi connectivity index (χ2n) is 20.7. The highest BCUT2D eigenvalue weighted by Gasteiger charge is 2.33. The Balaban J connectivity index is 0.00000830. The van der Waals surface area contributed by atoms with Crippen molar-refractivity contribution in [3.8, 4) is 0 Å². The van der Waals surface area contributed by atoms with E-state index in [0.717, 1.165) is 31.8 Å². The molecule has 11 N–H and O–H groups in total. The van der Waals surface area contributed by atoms with Crippen molar-refractivity contribution in [1.82, 2.24) is 42.1 Å². The van der Waals surface area contributed by atoms with E-state index in [4.69, 9.17) is 38.3 Å². The number of fused-ring (bicyclic) bond motifs is 2. The Morgan fingerprint density at radius 2 is 1.26 bits per heavy atom. The van der Waals surface area contributed by atoms with E-state index in [2.05, 4.69) is 125 Å². The first-order chi connectivity index (χ1) is 44.5. The van der Waals surface area contributed by atoms with E-state index in [-0.39, 0.29) is 43.9 Å². The van der Waals surface area contributed by atoms with Crippen molar-refractivity contribution in [2.45, 2.75) is 173 Å². The molecule has 0 spiro atoms. The summed E-state index contributed by atoms with van der Waals surface area (Å²) in [6.45, 7) is 5.22. The van der Waals surface area contributed by atoms with E-state index < -0.39 is 139 Å². The molecule has 93 heavy (non-hydrogen) atoms. The maximum Gasteiger partial charge on any atom is 0.339 e. The first-order valence-electron chi connectivity index (χ1n) is 30.4. The summed E-state index contributed by atoms with van der Waals surface area (Å²) in [5.74, 6) is -7.44. The Kier molecular flexibility index (Phi) is 43.3. The van der Waals surface area contributed by atoms with Crippen molar-refractivity contribution in [2.75, 3.05) is 46.3 Å². The number of benzene rings is 1. The van der Waals surface area contributed by atoms with Gasteiger partial charge in [-0.1, -0.05) is 114 Å². The molecule has 502 valence electrons. The van der Waals surface area contributed by atoms with Gasteiger partial charge < -0.3 is 55.6 Å². The van der Waals surface area contributed by atoms with Crippen LogP contribution in [0.3, 0.4) is 0 Å². The molecule has 0 saturated carbocycles. The number of likely N-dealkylation sites (N-methyl/N-ethyl adjacent to an activating group) is 1. The Labute approximate surface area is 543 Å². The molecule has 0 aliphatic carbocycles. The summed E-state index contributed by atoms with van der Waals surface area (Å²) >= 11 is 0. The highest BCUT2D eigenvalue weighted by Crippen LogP contribution is 2.15. The van der Waals surface area contributed by atoms with E-state index in [9.17, 15) is 47.9 Å². The number of nitrogens with one attached hydrogen (secondary N) is 7. The van der Waals surface area contributed by atoms with Crippen molar-refractivity contribution in [3.05, 3.63) is 123 Å². The van der Waals surface area contributed by atoms with E-state index in [0.29, 0.717) is 24.7 Å². The molecular formula is C66H86N10O16S. The number of nitrogens with zero attached hydrogens (tertiary/aromatic N) is 1. The van der Waals surface area contributed by atoms with Gasteiger partial charge in [-0.05, 0) is 113 Å². The zero-order chi connectivity index (χ0) is 69.1. The first kappa shape index (κ1) is 81.0. The first-order valence-corrected chi connectivity index (χ1v) is 32.2. The lowest BCUT2D eigenvalue weighted by Gasteiger charge is -2.30. The molecule has 26 nitrogen and oxygen atoms in total. The topological polar surface area (TPSA) is 395 Å². The summed E-state index contributed by atoms with van der Waals surface area (Å²) in [5, 5.41) is 23.4. The maximum atomic E-state index is 13.7. The van der Waals surface area contributed by atoms with E-state index >= 15 is 0 Å². The molecule has 4 atom stereocenters. The largest absolute Gasteiger partial charge is 0.748 e. The van der Waals surface area contributed by atoms with Gasteiger partial charge in [0.05, 0.1) is 48.8 Å². The van der Waals surface area contributed by atoms with Crippen molar-refractivity contribution >= 4 is 75.3 Å². The lowest BCUT2D eigenvalue weighted by atomic mass is 10.0. The average Bonchev–Trinajstić information content (AvgIpc) is 0.932. The van der Waals surface area contributed by atoms with Gasteiger partial charge in [0.15, 0.2) is 6.10 Å². The minimum atomic E-state index is -3.92. The van der Waals surface area contributed by atoms with Gasteiger partial charge in [0, 0.05) is 38.3 Å². The third-order valence-corrected chi connectivity index (χ3v) is 13.0. The minimum Gasteiger partial charge on any atom is -0.748 e. The van der Waals surface area contributed by atoms with Crippen LogP contribution in [-0.2, 0) is 74.0 Å². The number of hydrogen-bond donors (Lipinski definition) is 9. The quantitative estimate of drug-likeness (QED) is 0.00572. The van der Waals surface area contributed by atoms with Crippen molar-refractivity contribution in [1.29, 1.82) is 0 Å². The fourth-order valence-corrected chi connectivity index (χ4v) is 8.26. The molecule has 1 heterocycles. The molecule has 1 aromatic carbocycles. The van der Waals surface area contributed by atoms with E-state index in [1.165, 1.54) is 75.4 Å². The number of carbonyl (C=O) groups excluding carboxylic acids is 10. The summed E-state index contributed by atoms with van der Waals surface area (Å²) in [6, 6.07) is 2.55. The fraction of sp³-hybridized carbons (Fsp3) is 0.515. The zero-order valence-electron chi connectivity index (χ0n) is 53.3. The fourth-order valence-electron chi connectivity index (χ4n) is 8.26. The second-order valence-corrected chi connectivity index (χ2v) is 22.1. The lowest BCUT2D eigenvalue weighted by molar-refractivity contribution is -0.163. The molecule has 0 saturated heterocycles. The van der Waals surface area contributed by atoms with Gasteiger partial charge in [-0.15, -0.1) is 0 Å². The molecule has 1 aliphatic rings. The molecule has 0 fully saturated rings. The Bertz CT molecular complexity index is 3370. The zero-order valence-corrected chi connectivity index (χ0v) is 54.1. The Morgan fingerprint density at radius 3 is 1.83 bits per heavy atom. The molecular weight excluding hydrogens is 1220 g/mol. The van der Waals surface area contributed by atoms with Crippen LogP contribution in [0, 0.1) is 0 Å².